The van der Waals surface area contributed by atoms with Crippen LogP contribution in [-0.4, -0.2) is 52.0 Å². The summed E-state index contributed by atoms with van der Waals surface area (Å²) in [5, 5.41) is 10.4. The normalized spacial score (nSPS) is 11.6. The minimum absolute atomic E-state index is 0.197. The molecule has 0 radical (unpaired) electrons. The minimum atomic E-state index is -0.741. The molecule has 4 rings (SSSR count). The second kappa shape index (κ2) is 9.91. The van der Waals surface area contributed by atoms with E-state index in [0.29, 0.717) is 23.2 Å². The molecule has 2 heterocycles. The molecule has 2 N–H and O–H groups in total. The molecule has 0 bridgehead atoms. The predicted octanol–water partition coefficient (Wildman–Crippen LogP) is 3.57. The number of hydrogen-bond acceptors (Lipinski definition) is 4. The number of nitrogens with zero attached hydrogens (tertiary/aromatic N) is 3. The molecule has 33 heavy (non-hydrogen) atoms. The molecule has 0 fully saturated rings. The summed E-state index contributed by atoms with van der Waals surface area (Å²) in [4.78, 5) is 31.9. The van der Waals surface area contributed by atoms with Gasteiger partial charge in [-0.3, -0.25) is 19.7 Å². The summed E-state index contributed by atoms with van der Waals surface area (Å²) in [7, 11) is 3.34. The molecule has 4 aromatic rings. The number of carbonyl (C=O) groups excluding carboxylic acids is 2. The summed E-state index contributed by atoms with van der Waals surface area (Å²) in [6, 6.07) is 23.8. The zero-order valence-electron chi connectivity index (χ0n) is 18.5. The van der Waals surface area contributed by atoms with Crippen LogP contribution in [0.3, 0.4) is 0 Å². The molecule has 0 aliphatic rings. The van der Waals surface area contributed by atoms with Crippen molar-refractivity contribution in [1.82, 2.24) is 25.4 Å². The van der Waals surface area contributed by atoms with Crippen molar-refractivity contribution >= 4 is 11.8 Å². The Balaban J connectivity index is 1.61. The Hall–Kier alpha value is -4.26. The number of carbonyl (C=O) groups is 2. The fourth-order valence-corrected chi connectivity index (χ4v) is 3.61. The van der Waals surface area contributed by atoms with Crippen LogP contribution in [0, 0.1) is 0 Å². The highest BCUT2D eigenvalue weighted by Gasteiger charge is 2.25. The third kappa shape index (κ3) is 5.15. The van der Waals surface area contributed by atoms with Crippen LogP contribution in [0.25, 0.3) is 22.5 Å². The topological polar surface area (TPSA) is 91.0 Å². The van der Waals surface area contributed by atoms with E-state index in [4.69, 9.17) is 0 Å². The molecule has 0 spiro atoms. The van der Waals surface area contributed by atoms with Gasteiger partial charge in [0.1, 0.15) is 6.04 Å². The first kappa shape index (κ1) is 22.0. The second-order valence-electron chi connectivity index (χ2n) is 7.86. The lowest BCUT2D eigenvalue weighted by Gasteiger charge is -2.22. The Labute approximate surface area is 192 Å². The SMILES string of the molecule is CN(C)C(=O)[C@@H](Cc1ccccn1)NC(=O)c1ccccc1-c1cc(-c2ccccc2)[nH]n1. The Morgan fingerprint density at radius 1 is 0.970 bits per heavy atom. The van der Waals surface area contributed by atoms with Crippen molar-refractivity contribution in [2.75, 3.05) is 14.1 Å². The van der Waals surface area contributed by atoms with E-state index in [-0.39, 0.29) is 11.8 Å². The number of aromatic nitrogens is 3. The van der Waals surface area contributed by atoms with Crippen LogP contribution >= 0.6 is 0 Å². The van der Waals surface area contributed by atoms with E-state index in [9.17, 15) is 9.59 Å². The average molecular weight is 440 g/mol. The summed E-state index contributed by atoms with van der Waals surface area (Å²) in [5.74, 6) is -0.538. The highest BCUT2D eigenvalue weighted by Crippen LogP contribution is 2.26. The van der Waals surface area contributed by atoms with E-state index < -0.39 is 6.04 Å². The van der Waals surface area contributed by atoms with Gasteiger partial charge in [-0.15, -0.1) is 0 Å². The number of rotatable bonds is 7. The van der Waals surface area contributed by atoms with Gasteiger partial charge in [-0.25, -0.2) is 0 Å². The molecule has 1 atom stereocenters. The van der Waals surface area contributed by atoms with Crippen LogP contribution in [0.15, 0.2) is 85.1 Å². The standard InChI is InChI=1S/C26H25N5O2/c1-31(2)26(33)24(16-19-12-8-9-15-27-19)28-25(32)21-14-7-6-13-20(21)23-17-22(29-30-23)18-10-4-3-5-11-18/h3-15,17,24H,16H2,1-2H3,(H,28,32)(H,29,30)/t24-/m1/s1. The molecule has 166 valence electrons. The molecule has 0 saturated carbocycles. The Bertz CT molecular complexity index is 1240. The Kier molecular flexibility index (Phi) is 6.59. The van der Waals surface area contributed by atoms with Gasteiger partial charge in [0, 0.05) is 43.5 Å². The maximum atomic E-state index is 13.3. The number of H-pyrrole nitrogens is 1. The van der Waals surface area contributed by atoms with Crippen molar-refractivity contribution in [3.05, 3.63) is 96.3 Å². The maximum Gasteiger partial charge on any atom is 0.252 e. The number of nitrogens with one attached hydrogen (secondary N) is 2. The van der Waals surface area contributed by atoms with Crippen molar-refractivity contribution in [1.29, 1.82) is 0 Å². The molecule has 2 amide bonds. The molecule has 0 unspecified atom stereocenters. The number of likely N-dealkylation sites (N-methyl/N-ethyl adjacent to an activating group) is 1. The summed E-state index contributed by atoms with van der Waals surface area (Å²) in [6.45, 7) is 0. The van der Waals surface area contributed by atoms with Crippen LogP contribution in [0.1, 0.15) is 16.1 Å². The van der Waals surface area contributed by atoms with Crippen LogP contribution in [0.4, 0.5) is 0 Å². The fraction of sp³-hybridized carbons (Fsp3) is 0.154. The van der Waals surface area contributed by atoms with Gasteiger partial charge in [-0.05, 0) is 29.8 Å². The zero-order valence-corrected chi connectivity index (χ0v) is 18.5. The van der Waals surface area contributed by atoms with E-state index in [0.717, 1.165) is 17.0 Å². The number of amides is 2. The lowest BCUT2D eigenvalue weighted by atomic mass is 10.0. The molecule has 2 aromatic heterocycles. The molecule has 7 heteroatoms. The van der Waals surface area contributed by atoms with Crippen molar-refractivity contribution < 1.29 is 9.59 Å². The summed E-state index contributed by atoms with van der Waals surface area (Å²) in [6.07, 6.45) is 1.97. The lowest BCUT2D eigenvalue weighted by Crippen LogP contribution is -2.47. The van der Waals surface area contributed by atoms with Gasteiger partial charge in [-0.2, -0.15) is 5.10 Å². The monoisotopic (exact) mass is 439 g/mol. The molecular formula is C26H25N5O2. The van der Waals surface area contributed by atoms with Crippen LogP contribution in [0.5, 0.6) is 0 Å². The first-order chi connectivity index (χ1) is 16.0. The Morgan fingerprint density at radius 3 is 2.42 bits per heavy atom. The van der Waals surface area contributed by atoms with Gasteiger partial charge < -0.3 is 10.2 Å². The first-order valence-corrected chi connectivity index (χ1v) is 10.6. The number of pyridine rings is 1. The highest BCUT2D eigenvalue weighted by molar-refractivity contribution is 6.02. The van der Waals surface area contributed by atoms with E-state index in [1.165, 1.54) is 4.90 Å². The largest absolute Gasteiger partial charge is 0.347 e. The van der Waals surface area contributed by atoms with Crippen molar-refractivity contribution in [2.45, 2.75) is 12.5 Å². The number of hydrogen-bond donors (Lipinski definition) is 2. The predicted molar refractivity (Wildman–Crippen MR) is 127 cm³/mol. The van der Waals surface area contributed by atoms with Gasteiger partial charge in [-0.1, -0.05) is 54.6 Å². The van der Waals surface area contributed by atoms with E-state index >= 15 is 0 Å². The van der Waals surface area contributed by atoms with Crippen molar-refractivity contribution in [3.63, 3.8) is 0 Å². The van der Waals surface area contributed by atoms with E-state index in [1.807, 2.05) is 66.7 Å². The highest BCUT2D eigenvalue weighted by atomic mass is 16.2. The number of benzene rings is 2. The third-order valence-corrected chi connectivity index (χ3v) is 5.29. The Morgan fingerprint density at radius 2 is 1.70 bits per heavy atom. The summed E-state index contributed by atoms with van der Waals surface area (Å²) < 4.78 is 0. The van der Waals surface area contributed by atoms with Crippen molar-refractivity contribution in [3.8, 4) is 22.5 Å². The lowest BCUT2D eigenvalue weighted by molar-refractivity contribution is -0.130. The zero-order chi connectivity index (χ0) is 23.2. The minimum Gasteiger partial charge on any atom is -0.347 e. The average Bonchev–Trinajstić information content (AvgIpc) is 3.34. The molecule has 0 aliphatic heterocycles. The van der Waals surface area contributed by atoms with Crippen LogP contribution < -0.4 is 5.32 Å². The molecule has 0 saturated heterocycles. The van der Waals surface area contributed by atoms with E-state index in [1.54, 1.807) is 32.4 Å². The molecule has 0 aliphatic carbocycles. The van der Waals surface area contributed by atoms with Gasteiger partial charge in [0.05, 0.1) is 11.4 Å². The second-order valence-corrected chi connectivity index (χ2v) is 7.86. The van der Waals surface area contributed by atoms with Gasteiger partial charge in [0.25, 0.3) is 5.91 Å². The van der Waals surface area contributed by atoms with Gasteiger partial charge >= 0.3 is 0 Å². The molecular weight excluding hydrogens is 414 g/mol. The van der Waals surface area contributed by atoms with E-state index in [2.05, 4.69) is 20.5 Å². The smallest absolute Gasteiger partial charge is 0.252 e. The summed E-state index contributed by atoms with van der Waals surface area (Å²) >= 11 is 0. The quantitative estimate of drug-likeness (QED) is 0.461. The van der Waals surface area contributed by atoms with Gasteiger partial charge in [0.15, 0.2) is 0 Å². The summed E-state index contributed by atoms with van der Waals surface area (Å²) in [5.41, 5.74) is 4.37. The van der Waals surface area contributed by atoms with Crippen LogP contribution in [0.2, 0.25) is 0 Å². The number of aromatic amines is 1. The fourth-order valence-electron chi connectivity index (χ4n) is 3.61. The molecule has 7 nitrogen and oxygen atoms in total. The third-order valence-electron chi connectivity index (χ3n) is 5.29. The first-order valence-electron chi connectivity index (χ1n) is 10.6. The van der Waals surface area contributed by atoms with Crippen LogP contribution in [-0.2, 0) is 11.2 Å². The maximum absolute atomic E-state index is 13.3. The van der Waals surface area contributed by atoms with Gasteiger partial charge in [0.2, 0.25) is 5.91 Å². The molecule has 2 aromatic carbocycles. The van der Waals surface area contributed by atoms with Crippen molar-refractivity contribution in [2.24, 2.45) is 0 Å².